The molecular formula is C44H65N3O3. The molecule has 5 aliphatic carbocycles. The molecule has 1 amide bonds. The van der Waals surface area contributed by atoms with Crippen LogP contribution in [-0.4, -0.2) is 71.6 Å². The van der Waals surface area contributed by atoms with E-state index in [2.05, 4.69) is 64.4 Å². The van der Waals surface area contributed by atoms with Crippen molar-refractivity contribution in [2.24, 2.45) is 51.2 Å². The minimum Gasteiger partial charge on any atom is -0.478 e. The van der Waals surface area contributed by atoms with Crippen LogP contribution >= 0.6 is 0 Å². The number of allylic oxidation sites excluding steroid dienone is 3. The summed E-state index contributed by atoms with van der Waals surface area (Å²) in [5.74, 6) is 2.61. The average molecular weight is 684 g/mol. The Kier molecular flexibility index (Phi) is 9.06. The predicted octanol–water partition coefficient (Wildman–Crippen LogP) is 8.54. The van der Waals surface area contributed by atoms with Crippen molar-refractivity contribution in [2.45, 2.75) is 112 Å². The van der Waals surface area contributed by atoms with Crippen molar-refractivity contribution in [3.05, 3.63) is 53.6 Å². The van der Waals surface area contributed by atoms with Crippen molar-refractivity contribution in [1.29, 1.82) is 0 Å². The summed E-state index contributed by atoms with van der Waals surface area (Å²) >= 11 is 0. The van der Waals surface area contributed by atoms with Gasteiger partial charge < -0.3 is 15.3 Å². The Bertz CT molecular complexity index is 1540. The summed E-state index contributed by atoms with van der Waals surface area (Å²) < 4.78 is 0. The van der Waals surface area contributed by atoms with E-state index in [-0.39, 0.29) is 22.3 Å². The number of nitrogens with one attached hydrogen (secondary N) is 1. The van der Waals surface area contributed by atoms with Gasteiger partial charge in [-0.3, -0.25) is 9.69 Å². The minimum atomic E-state index is -0.861. The van der Waals surface area contributed by atoms with Gasteiger partial charge in [0.2, 0.25) is 5.91 Å². The lowest BCUT2D eigenvalue weighted by Gasteiger charge is -2.72. The number of amides is 1. The van der Waals surface area contributed by atoms with Crippen LogP contribution < -0.4 is 5.32 Å². The van der Waals surface area contributed by atoms with Crippen LogP contribution in [0.1, 0.15) is 122 Å². The number of hydrogen-bond acceptors (Lipinski definition) is 4. The SMILES string of the molecule is C=C(C)[C@@H]1CC[C@]2(NCCN3CCN(C(C)=O)CC3)CC[C@]3(C)[C@H](CCC4[C@@]5(C)CC=C(c6ccc(C(=O)O)cc6)C(C)(C)C5CC[C@]43C)C12. The zero-order valence-electron chi connectivity index (χ0n) is 32.2. The van der Waals surface area contributed by atoms with Crippen LogP contribution in [0.5, 0.6) is 0 Å². The molecule has 6 heteroatoms. The number of fused-ring (bicyclic) bond motifs is 7. The van der Waals surface area contributed by atoms with Crippen LogP contribution in [-0.2, 0) is 4.79 Å². The molecular weight excluding hydrogens is 619 g/mol. The third-order valence-electron chi connectivity index (χ3n) is 16.8. The summed E-state index contributed by atoms with van der Waals surface area (Å²) in [6, 6.07) is 7.63. The van der Waals surface area contributed by atoms with E-state index in [1.165, 1.54) is 68.1 Å². The van der Waals surface area contributed by atoms with E-state index >= 15 is 0 Å². The second-order valence-corrected chi connectivity index (χ2v) is 19.0. The summed E-state index contributed by atoms with van der Waals surface area (Å²) in [5.41, 5.74) is 5.44. The molecule has 5 fully saturated rings. The van der Waals surface area contributed by atoms with E-state index in [0.29, 0.717) is 46.0 Å². The maximum absolute atomic E-state index is 11.9. The Balaban J connectivity index is 1.13. The van der Waals surface area contributed by atoms with Crippen LogP contribution in [0.15, 0.2) is 42.5 Å². The van der Waals surface area contributed by atoms with Gasteiger partial charge >= 0.3 is 5.97 Å². The van der Waals surface area contributed by atoms with Gasteiger partial charge in [-0.15, -0.1) is 0 Å². The third-order valence-corrected chi connectivity index (χ3v) is 16.8. The number of hydrogen-bond donors (Lipinski definition) is 2. The van der Waals surface area contributed by atoms with E-state index < -0.39 is 5.97 Å². The molecule has 9 atom stereocenters. The normalized spacial score (nSPS) is 40.9. The molecule has 3 unspecified atom stereocenters. The molecule has 1 aliphatic heterocycles. The molecule has 7 rings (SSSR count). The molecule has 4 saturated carbocycles. The van der Waals surface area contributed by atoms with Crippen LogP contribution in [0.25, 0.3) is 5.57 Å². The molecule has 2 N–H and O–H groups in total. The number of aromatic carboxylic acids is 1. The molecule has 1 heterocycles. The topological polar surface area (TPSA) is 72.9 Å². The number of benzene rings is 1. The highest BCUT2D eigenvalue weighted by Gasteiger charge is 2.70. The zero-order valence-corrected chi connectivity index (χ0v) is 32.2. The number of nitrogens with zero attached hydrogens (tertiary/aromatic N) is 2. The minimum absolute atomic E-state index is 0.0255. The lowest BCUT2D eigenvalue weighted by atomic mass is 9.33. The number of carbonyl (C=O) groups excluding carboxylic acids is 1. The fraction of sp³-hybridized carbons (Fsp3) is 0.727. The molecule has 0 spiro atoms. The lowest BCUT2D eigenvalue weighted by molar-refractivity contribution is -0.219. The Morgan fingerprint density at radius 1 is 0.860 bits per heavy atom. The molecule has 1 saturated heterocycles. The standard InChI is InChI=1S/C44H65N3O3/c1-29(2)33-15-20-44(45-23-24-46-25-27-47(28-26-46)30(3)48)22-21-42(7)35(38(33)44)13-14-37-41(6)18-16-34(31-9-11-32(12-10-31)39(49)50)40(4,5)36(41)17-19-43(37,42)8/h9-12,16,33,35-38,45H,1,13-15,17-28H2,2-8H3,(H,49,50)/t33-,35+,36?,37?,38?,41-,42+,43+,44-/m0/s1. The zero-order chi connectivity index (χ0) is 35.9. The maximum atomic E-state index is 11.9. The molecule has 0 aromatic heterocycles. The molecule has 50 heavy (non-hydrogen) atoms. The van der Waals surface area contributed by atoms with Crippen molar-refractivity contribution in [3.8, 4) is 0 Å². The van der Waals surface area contributed by atoms with Crippen LogP contribution in [0.4, 0.5) is 0 Å². The lowest BCUT2D eigenvalue weighted by Crippen LogP contribution is -2.68. The molecule has 0 bridgehead atoms. The van der Waals surface area contributed by atoms with Gasteiger partial charge in [0.15, 0.2) is 0 Å². The average Bonchev–Trinajstić information content (AvgIpc) is 3.45. The summed E-state index contributed by atoms with van der Waals surface area (Å²) in [7, 11) is 0. The fourth-order valence-corrected chi connectivity index (χ4v) is 14.1. The summed E-state index contributed by atoms with van der Waals surface area (Å²) in [5, 5.41) is 13.8. The fourth-order valence-electron chi connectivity index (χ4n) is 14.1. The third kappa shape index (κ3) is 5.39. The molecule has 1 aromatic rings. The first kappa shape index (κ1) is 35.9. The van der Waals surface area contributed by atoms with Gasteiger partial charge in [0.1, 0.15) is 0 Å². The first-order chi connectivity index (χ1) is 23.6. The maximum Gasteiger partial charge on any atom is 0.335 e. The highest BCUT2D eigenvalue weighted by molar-refractivity contribution is 5.88. The Hall–Kier alpha value is -2.44. The van der Waals surface area contributed by atoms with Gasteiger partial charge in [-0.1, -0.05) is 65.0 Å². The largest absolute Gasteiger partial charge is 0.478 e. The van der Waals surface area contributed by atoms with Crippen molar-refractivity contribution < 1.29 is 14.7 Å². The number of rotatable bonds is 7. The number of carboxylic acid groups (broad SMARTS) is 1. The summed E-state index contributed by atoms with van der Waals surface area (Å²) in [4.78, 5) is 28.0. The van der Waals surface area contributed by atoms with E-state index in [0.717, 1.165) is 45.7 Å². The molecule has 274 valence electrons. The highest BCUT2D eigenvalue weighted by Crippen LogP contribution is 2.76. The summed E-state index contributed by atoms with van der Waals surface area (Å²) in [6.45, 7) is 27.5. The first-order valence-corrected chi connectivity index (χ1v) is 20.0. The molecule has 6 nitrogen and oxygen atoms in total. The van der Waals surface area contributed by atoms with Gasteiger partial charge in [0.05, 0.1) is 5.56 Å². The van der Waals surface area contributed by atoms with Crippen molar-refractivity contribution in [1.82, 2.24) is 15.1 Å². The van der Waals surface area contributed by atoms with E-state index in [1.54, 1.807) is 19.1 Å². The molecule has 6 aliphatic rings. The number of piperazine rings is 1. The van der Waals surface area contributed by atoms with E-state index in [9.17, 15) is 14.7 Å². The van der Waals surface area contributed by atoms with Gasteiger partial charge in [0.25, 0.3) is 0 Å². The second-order valence-electron chi connectivity index (χ2n) is 19.0. The van der Waals surface area contributed by atoms with E-state index in [4.69, 9.17) is 0 Å². The Morgan fingerprint density at radius 3 is 2.20 bits per heavy atom. The number of carboxylic acids is 1. The van der Waals surface area contributed by atoms with Crippen LogP contribution in [0.3, 0.4) is 0 Å². The highest BCUT2D eigenvalue weighted by atomic mass is 16.4. The Morgan fingerprint density at radius 2 is 1.56 bits per heavy atom. The van der Waals surface area contributed by atoms with Crippen molar-refractivity contribution in [2.75, 3.05) is 39.3 Å². The predicted molar refractivity (Wildman–Crippen MR) is 203 cm³/mol. The molecule has 1 aromatic carbocycles. The van der Waals surface area contributed by atoms with E-state index in [1.807, 2.05) is 17.0 Å². The van der Waals surface area contributed by atoms with Gasteiger partial charge in [0, 0.05) is 51.7 Å². The summed E-state index contributed by atoms with van der Waals surface area (Å²) in [6.07, 6.45) is 14.0. The number of carbonyl (C=O) groups is 2. The smallest absolute Gasteiger partial charge is 0.335 e. The van der Waals surface area contributed by atoms with Gasteiger partial charge in [-0.25, -0.2) is 4.79 Å². The Labute approximate surface area is 302 Å². The van der Waals surface area contributed by atoms with Crippen molar-refractivity contribution >= 4 is 17.4 Å². The van der Waals surface area contributed by atoms with Gasteiger partial charge in [-0.2, -0.15) is 0 Å². The first-order valence-electron chi connectivity index (χ1n) is 20.0. The molecule has 0 radical (unpaired) electrons. The van der Waals surface area contributed by atoms with Gasteiger partial charge in [-0.05, 0) is 139 Å². The quantitative estimate of drug-likeness (QED) is 0.282. The van der Waals surface area contributed by atoms with Crippen LogP contribution in [0.2, 0.25) is 0 Å². The van der Waals surface area contributed by atoms with Crippen LogP contribution in [0, 0.1) is 51.2 Å². The van der Waals surface area contributed by atoms with Crippen molar-refractivity contribution in [3.63, 3.8) is 0 Å². The monoisotopic (exact) mass is 684 g/mol. The second kappa shape index (κ2) is 12.6.